The average molecular weight is 1830 g/mol. The van der Waals surface area contributed by atoms with E-state index in [9.17, 15) is 54.3 Å². The van der Waals surface area contributed by atoms with Crippen LogP contribution in [0.5, 0.6) is 28.7 Å². The molecule has 0 saturated carbocycles. The fourth-order valence-corrected chi connectivity index (χ4v) is 17.4. The number of nitrogens with one attached hydrogen (secondary N) is 7. The maximum atomic E-state index is 13.3. The van der Waals surface area contributed by atoms with E-state index in [1.807, 2.05) is 170 Å². The predicted molar refractivity (Wildman–Crippen MR) is 528 cm³/mol. The third-order valence-corrected chi connectivity index (χ3v) is 23.9. The van der Waals surface area contributed by atoms with E-state index < -0.39 is 53.0 Å². The Bertz CT molecular complexity index is 7950. The summed E-state index contributed by atoms with van der Waals surface area (Å²) in [5.41, 5.74) is 39.6. The zero-order valence-electron chi connectivity index (χ0n) is 73.9. The molecule has 4 unspecified atom stereocenters. The van der Waals surface area contributed by atoms with Gasteiger partial charge >= 0.3 is 23.9 Å². The number of phenolic OH excluding ortho intramolecular Hbond substituents is 5. The highest BCUT2D eigenvalue weighted by molar-refractivity contribution is 6.40. The number of amides is 1. The molecule has 4 atom stereocenters. The number of fused-ring (bicyclic) bond motifs is 7. The number of anilines is 5. The molecule has 0 fully saturated rings. The third-order valence-electron chi connectivity index (χ3n) is 23.9. The van der Waals surface area contributed by atoms with E-state index in [0.717, 1.165) is 140 Å². The van der Waals surface area contributed by atoms with Gasteiger partial charge in [0.2, 0.25) is 5.91 Å². The Morgan fingerprint density at radius 1 is 0.377 bits per heavy atom. The van der Waals surface area contributed by atoms with Crippen LogP contribution in [0.3, 0.4) is 0 Å². The number of aromatic hydroxyl groups is 5. The Labute approximate surface area is 786 Å². The summed E-state index contributed by atoms with van der Waals surface area (Å²) in [6, 6.07) is 81.6. The van der Waals surface area contributed by atoms with Crippen LogP contribution in [0.4, 0.5) is 28.4 Å². The van der Waals surface area contributed by atoms with Crippen LogP contribution in [-0.2, 0) is 43.7 Å². The number of nitrogen functional groups attached to an aromatic ring is 3. The number of H-pyrrole nitrogens is 5. The molecule has 684 valence electrons. The van der Waals surface area contributed by atoms with Gasteiger partial charge in [-0.15, -0.1) is 0 Å². The number of aromatic nitrogens is 10. The number of aliphatic carboxylic acids is 1. The van der Waals surface area contributed by atoms with Crippen molar-refractivity contribution in [2.75, 3.05) is 49.2 Å². The number of hydrogen-bond donors (Lipinski definition) is 16. The first-order chi connectivity index (χ1) is 67.0. The zero-order chi connectivity index (χ0) is 96.4. The second-order valence-corrected chi connectivity index (χ2v) is 31.9. The van der Waals surface area contributed by atoms with Gasteiger partial charge in [-0.05, 0) is 206 Å². The highest BCUT2D eigenvalue weighted by Gasteiger charge is 2.48. The first-order valence-corrected chi connectivity index (χ1v) is 43.1. The Morgan fingerprint density at radius 2 is 0.775 bits per heavy atom. The summed E-state index contributed by atoms with van der Waals surface area (Å²) in [5, 5.41) is 68.3. The molecule has 30 nitrogen and oxygen atoms in total. The molecule has 0 radical (unpaired) electrons. The van der Waals surface area contributed by atoms with E-state index in [1.54, 1.807) is 135 Å². The van der Waals surface area contributed by atoms with Crippen LogP contribution in [0.2, 0.25) is 0 Å². The first-order valence-electron chi connectivity index (χ1n) is 43.1. The molecular weight excluding hydrogens is 1750 g/mol. The van der Waals surface area contributed by atoms with Crippen LogP contribution in [0, 0.1) is 0 Å². The van der Waals surface area contributed by atoms with Crippen LogP contribution in [-0.4, -0.2) is 137 Å². The van der Waals surface area contributed by atoms with Gasteiger partial charge < -0.3 is 97.6 Å². The number of nitrogens with two attached hydrogens (primary N) is 3. The van der Waals surface area contributed by atoms with Crippen molar-refractivity contribution in [1.82, 2.24) is 49.8 Å². The number of carboxylic acid groups (broad SMARTS) is 1. The number of carboxylic acids is 1. The standard InChI is InChI=1S/C22H17N3O3.C22H19N3O3.C21H17N3O3.C21H15N3O2.C13H11N3.C9H8O4/c1-28-21(27)22(13-6-8-14(26)9-7-13)17-12-24-20-19(17)16(10-11-23-20)15-4-2-3-5-18(15)25-22;1-28-22(27)19(13-6-8-14(26)9-7-13)17-12-25-21-20(17)16(10-11-24-21)15-4-2-3-5-18(15)23;22-17-4-2-1-3-14(17)15-9-10-23-20-19(15)16(11-24-20)18(21(26)27)12-5-7-13(25)8-6-12;25-13-7-5-12(6-8-13)18-16-11-23-20-19(16)15(9-10-22-20)14-3-1-2-4-17(14)24-21(18)26;14-12-4-2-1-3-10(12)9-5-7-15-13-11(9)6-8-16-13;1-13-9(12)8(11)6-2-4-7(10)5-3-6/h2-12,25-26H,1H3,(H,23,24);2-12,19,26H,23H2,1H3,(H,24,25);1-11,18,25H,22H2,(H,23,24)(H,26,27);1-11,18,25H,(H,22,23)(H,24,26);1-8H,14H2,(H,15,16);2-5,10H,1H3. The smallest absolute Gasteiger partial charge is 0.379 e. The zero-order valence-corrected chi connectivity index (χ0v) is 73.9. The van der Waals surface area contributed by atoms with E-state index in [-0.39, 0.29) is 40.2 Å². The topological polar surface area (TPSA) is 497 Å². The van der Waals surface area contributed by atoms with Crippen LogP contribution in [0.15, 0.2) is 341 Å². The monoisotopic (exact) mass is 1830 g/mol. The van der Waals surface area contributed by atoms with Gasteiger partial charge in [0.15, 0.2) is 5.54 Å². The molecule has 0 aliphatic carbocycles. The number of pyridine rings is 5. The van der Waals surface area contributed by atoms with Gasteiger partial charge in [-0.2, -0.15) is 0 Å². The number of carbonyl (C=O) groups excluding carboxylic acids is 5. The van der Waals surface area contributed by atoms with Crippen LogP contribution < -0.4 is 27.8 Å². The highest BCUT2D eigenvalue weighted by atomic mass is 16.5. The van der Waals surface area contributed by atoms with Crippen molar-refractivity contribution in [3.63, 3.8) is 0 Å². The minimum atomic E-state index is -1.30. The van der Waals surface area contributed by atoms with Gasteiger partial charge in [0.25, 0.3) is 5.78 Å². The number of ketones is 1. The summed E-state index contributed by atoms with van der Waals surface area (Å²) in [4.78, 5) is 111. The quantitative estimate of drug-likeness (QED) is 0.0158. The lowest BCUT2D eigenvalue weighted by atomic mass is 9.82. The molecule has 2 aliphatic heterocycles. The Balaban J connectivity index is 0.000000117. The fourth-order valence-electron chi connectivity index (χ4n) is 17.4. The van der Waals surface area contributed by atoms with E-state index in [0.29, 0.717) is 50.6 Å². The molecule has 20 aromatic rings. The lowest BCUT2D eigenvalue weighted by Crippen LogP contribution is -2.45. The molecule has 0 spiro atoms. The summed E-state index contributed by atoms with van der Waals surface area (Å²) in [5.74, 6) is -5.11. The van der Waals surface area contributed by atoms with E-state index in [1.165, 1.54) is 50.6 Å². The van der Waals surface area contributed by atoms with Crippen molar-refractivity contribution >= 4 is 119 Å². The van der Waals surface area contributed by atoms with Crippen molar-refractivity contribution in [2.24, 2.45) is 0 Å². The summed E-state index contributed by atoms with van der Waals surface area (Å²) >= 11 is 0. The fraction of sp³-hybridized carbons (Fsp3) is 0.0648. The first kappa shape index (κ1) is 90.8. The number of esters is 3. The lowest BCUT2D eigenvalue weighted by Gasteiger charge is -2.32. The maximum Gasteiger partial charge on any atom is 0.379 e. The maximum absolute atomic E-state index is 13.3. The Kier molecular flexibility index (Phi) is 26.0. The van der Waals surface area contributed by atoms with Crippen LogP contribution >= 0.6 is 0 Å². The number of para-hydroxylation sites is 5. The number of benzene rings is 10. The average Bonchev–Trinajstić information content (AvgIpc) is 1.54. The Morgan fingerprint density at radius 3 is 1.28 bits per heavy atom. The number of carbonyl (C=O) groups is 6. The number of hydrogen-bond acceptors (Lipinski definition) is 23. The van der Waals surface area contributed by atoms with Crippen LogP contribution in [0.1, 0.15) is 72.6 Å². The second kappa shape index (κ2) is 39.5. The molecule has 10 aromatic carbocycles. The summed E-state index contributed by atoms with van der Waals surface area (Å²) < 4.78 is 14.6. The number of ether oxygens (including phenoxy) is 3. The number of nitrogens with zero attached hydrogens (tertiary/aromatic N) is 5. The number of phenols is 5. The Hall–Kier alpha value is -19.1. The van der Waals surface area contributed by atoms with Crippen molar-refractivity contribution in [3.05, 3.63) is 391 Å². The molecule has 0 saturated heterocycles. The molecule has 12 heterocycles. The van der Waals surface area contributed by atoms with Gasteiger partial charge in [0.1, 0.15) is 68.8 Å². The molecular formula is C108H87N15O15. The molecule has 22 rings (SSSR count). The van der Waals surface area contributed by atoms with Gasteiger partial charge in [0, 0.05) is 156 Å². The van der Waals surface area contributed by atoms with Crippen LogP contribution in [0.25, 0.3) is 111 Å². The minimum Gasteiger partial charge on any atom is -0.508 e. The third kappa shape index (κ3) is 18.0. The van der Waals surface area contributed by atoms with E-state index in [4.69, 9.17) is 31.8 Å². The lowest BCUT2D eigenvalue weighted by molar-refractivity contribution is -0.145. The summed E-state index contributed by atoms with van der Waals surface area (Å²) in [6.45, 7) is 0. The number of aromatic amines is 5. The number of methoxy groups -OCH3 is 3. The molecule has 30 heteroatoms. The largest absolute Gasteiger partial charge is 0.508 e. The molecule has 19 N–H and O–H groups in total. The molecule has 138 heavy (non-hydrogen) atoms. The van der Waals surface area contributed by atoms with Crippen molar-refractivity contribution in [2.45, 2.75) is 23.3 Å². The van der Waals surface area contributed by atoms with Crippen molar-refractivity contribution in [1.29, 1.82) is 0 Å². The van der Waals surface area contributed by atoms with Gasteiger partial charge in [-0.25, -0.2) is 34.5 Å². The highest BCUT2D eigenvalue weighted by Crippen LogP contribution is 2.50. The predicted octanol–water partition coefficient (Wildman–Crippen LogP) is 18.9. The normalized spacial score (nSPS) is 13.5. The summed E-state index contributed by atoms with van der Waals surface area (Å²) in [6.07, 6.45) is 17.7. The number of Topliss-reactive ketones (excluding diaryl/α,β-unsaturated/α-hetero) is 1. The minimum absolute atomic E-state index is 0.0430. The van der Waals surface area contributed by atoms with E-state index >= 15 is 0 Å². The molecule has 1 amide bonds. The SMILES string of the molecule is COC(=O)C(=O)c1ccc(O)cc1.COC(=O)C(c1ccc(O)cc1)c1c[nH]c2nccc(-c3ccccc3N)c12.COC(=O)C1(c2ccc(O)cc2)Nc2ccccc2-c2ccnc3[nH]cc1c23.Nc1ccccc1-c1ccnc2[nH]cc(C(C(=O)O)c3ccc(O)cc3)c12.Nc1ccccc1-c1ccnc2[nH]ccc12.O=C1Nc2ccccc2-c2ccnc3[nH]cc(c23)C1c1ccc(O)cc1. The van der Waals surface area contributed by atoms with Gasteiger partial charge in [0.05, 0.1) is 27.2 Å². The molecule has 10 aromatic heterocycles. The second-order valence-electron chi connectivity index (χ2n) is 31.9. The van der Waals surface area contributed by atoms with E-state index in [2.05, 4.69) is 65.2 Å². The molecule has 2 aliphatic rings. The van der Waals surface area contributed by atoms with Crippen molar-refractivity contribution < 1.29 is 73.6 Å². The van der Waals surface area contributed by atoms with Gasteiger partial charge in [-0.3, -0.25) is 19.2 Å². The summed E-state index contributed by atoms with van der Waals surface area (Å²) in [7, 11) is 3.87. The molecule has 0 bridgehead atoms. The van der Waals surface area contributed by atoms with Gasteiger partial charge in [-0.1, -0.05) is 140 Å². The van der Waals surface area contributed by atoms with Crippen molar-refractivity contribution in [3.8, 4) is 84.4 Å². The number of rotatable bonds is 14.